The van der Waals surface area contributed by atoms with Crippen LogP contribution in [0.15, 0.2) is 66.9 Å². The predicted octanol–water partition coefficient (Wildman–Crippen LogP) is 6.08. The summed E-state index contributed by atoms with van der Waals surface area (Å²) in [6.07, 6.45) is 1.72. The van der Waals surface area contributed by atoms with Gasteiger partial charge in [-0.2, -0.15) is 0 Å². The van der Waals surface area contributed by atoms with Crippen LogP contribution < -0.4 is 5.73 Å². The van der Waals surface area contributed by atoms with Crippen LogP contribution >= 0.6 is 22.9 Å². The third-order valence-corrected chi connectivity index (χ3v) is 5.53. The summed E-state index contributed by atoms with van der Waals surface area (Å²) >= 11 is 8.01. The van der Waals surface area contributed by atoms with Gasteiger partial charge in [-0.3, -0.25) is 0 Å². The molecular formula is C21H16ClN3S. The molecule has 3 nitrogen and oxygen atoms in total. The number of pyridine rings is 1. The third-order valence-electron chi connectivity index (χ3n) is 4.07. The molecule has 2 aromatic carbocycles. The molecule has 128 valence electrons. The second-order valence-electron chi connectivity index (χ2n) is 6.02. The lowest BCUT2D eigenvalue weighted by Crippen LogP contribution is -1.89. The Bertz CT molecular complexity index is 1030. The first-order chi connectivity index (χ1) is 12.6. The zero-order valence-corrected chi connectivity index (χ0v) is 15.7. The number of nitrogens with two attached hydrogens (primary N) is 1. The molecule has 0 fully saturated rings. The number of nitrogens with zero attached hydrogens (tertiary/aromatic N) is 2. The fraction of sp³-hybridized carbons (Fsp3) is 0.0476. The van der Waals surface area contributed by atoms with Crippen LogP contribution in [-0.4, -0.2) is 9.97 Å². The average Bonchev–Trinajstić information content (AvgIpc) is 3.07. The number of benzene rings is 2. The van der Waals surface area contributed by atoms with Crippen LogP contribution in [-0.2, 0) is 0 Å². The summed E-state index contributed by atoms with van der Waals surface area (Å²) in [4.78, 5) is 10.1. The van der Waals surface area contributed by atoms with E-state index in [0.29, 0.717) is 10.8 Å². The highest BCUT2D eigenvalue weighted by molar-refractivity contribution is 7.19. The van der Waals surface area contributed by atoms with Gasteiger partial charge in [0.25, 0.3) is 0 Å². The molecule has 0 saturated carbocycles. The molecule has 2 N–H and O–H groups in total. The maximum Gasteiger partial charge on any atom is 0.126 e. The van der Waals surface area contributed by atoms with Crippen LogP contribution in [0.3, 0.4) is 0 Å². The van der Waals surface area contributed by atoms with Gasteiger partial charge in [-0.05, 0) is 36.8 Å². The Morgan fingerprint density at radius 3 is 2.58 bits per heavy atom. The summed E-state index contributed by atoms with van der Waals surface area (Å²) in [6.45, 7) is 2.08. The van der Waals surface area contributed by atoms with Gasteiger partial charge in [-0.15, -0.1) is 11.3 Å². The summed E-state index contributed by atoms with van der Waals surface area (Å²) in [7, 11) is 0. The van der Waals surface area contributed by atoms with Crippen LogP contribution in [0.25, 0.3) is 32.3 Å². The summed E-state index contributed by atoms with van der Waals surface area (Å²) in [5, 5.41) is 1.58. The summed E-state index contributed by atoms with van der Waals surface area (Å²) < 4.78 is 0. The lowest BCUT2D eigenvalue weighted by atomic mass is 10.1. The number of aryl methyl sites for hydroxylation is 1. The normalized spacial score (nSPS) is 10.8. The number of hydrogen-bond acceptors (Lipinski definition) is 4. The van der Waals surface area contributed by atoms with E-state index in [-0.39, 0.29) is 0 Å². The van der Waals surface area contributed by atoms with Crippen LogP contribution in [0.2, 0.25) is 5.02 Å². The van der Waals surface area contributed by atoms with Gasteiger partial charge in [-0.25, -0.2) is 9.97 Å². The maximum atomic E-state index is 6.40. The van der Waals surface area contributed by atoms with Gasteiger partial charge in [0.05, 0.1) is 15.6 Å². The zero-order chi connectivity index (χ0) is 18.1. The van der Waals surface area contributed by atoms with Crippen molar-refractivity contribution in [3.05, 3.63) is 77.4 Å². The van der Waals surface area contributed by atoms with Crippen LogP contribution in [0.4, 0.5) is 5.82 Å². The molecule has 26 heavy (non-hydrogen) atoms. The molecule has 2 aromatic heterocycles. The minimum atomic E-state index is 0.491. The van der Waals surface area contributed by atoms with E-state index in [4.69, 9.17) is 22.3 Å². The fourth-order valence-electron chi connectivity index (χ4n) is 2.84. The lowest BCUT2D eigenvalue weighted by Gasteiger charge is -2.04. The predicted molar refractivity (Wildman–Crippen MR) is 110 cm³/mol. The van der Waals surface area contributed by atoms with Gasteiger partial charge in [0.1, 0.15) is 10.8 Å². The van der Waals surface area contributed by atoms with Crippen molar-refractivity contribution in [1.82, 2.24) is 9.97 Å². The molecule has 0 aliphatic rings. The number of hydrogen-bond donors (Lipinski definition) is 1. The van der Waals surface area contributed by atoms with E-state index in [1.165, 1.54) is 5.56 Å². The molecule has 4 aromatic rings. The largest absolute Gasteiger partial charge is 0.384 e. The molecule has 0 saturated heterocycles. The van der Waals surface area contributed by atoms with Crippen molar-refractivity contribution >= 4 is 28.8 Å². The zero-order valence-electron chi connectivity index (χ0n) is 14.1. The second-order valence-corrected chi connectivity index (χ2v) is 7.42. The first-order valence-corrected chi connectivity index (χ1v) is 9.36. The van der Waals surface area contributed by atoms with Gasteiger partial charge in [0, 0.05) is 17.3 Å². The maximum absolute atomic E-state index is 6.40. The number of thiazole rings is 1. The minimum Gasteiger partial charge on any atom is -0.384 e. The number of nitrogen functional groups attached to an aromatic ring is 1. The molecule has 0 radical (unpaired) electrons. The standard InChI is InChI=1S/C21H16ClN3S/c1-13-5-4-6-14(11-13)19-20(15-9-10-24-18(23)12-15)26-21(25-19)16-7-2-3-8-17(16)22/h2-12H,1H3,(H2,23,24). The molecule has 2 heterocycles. The molecule has 5 heteroatoms. The highest BCUT2D eigenvalue weighted by atomic mass is 35.5. The molecule has 0 spiro atoms. The summed E-state index contributed by atoms with van der Waals surface area (Å²) in [5.41, 5.74) is 11.0. The summed E-state index contributed by atoms with van der Waals surface area (Å²) in [6, 6.07) is 19.9. The van der Waals surface area contributed by atoms with Crippen molar-refractivity contribution in [1.29, 1.82) is 0 Å². The van der Waals surface area contributed by atoms with E-state index < -0.39 is 0 Å². The van der Waals surface area contributed by atoms with E-state index in [1.54, 1.807) is 17.5 Å². The Labute approximate surface area is 161 Å². The Morgan fingerprint density at radius 1 is 0.962 bits per heavy atom. The lowest BCUT2D eigenvalue weighted by molar-refractivity contribution is 1.33. The minimum absolute atomic E-state index is 0.491. The van der Waals surface area contributed by atoms with Crippen molar-refractivity contribution in [2.75, 3.05) is 5.73 Å². The molecule has 0 unspecified atom stereocenters. The van der Waals surface area contributed by atoms with Crippen molar-refractivity contribution in [3.63, 3.8) is 0 Å². The third kappa shape index (κ3) is 3.21. The fourth-order valence-corrected chi connectivity index (χ4v) is 4.25. The quantitative estimate of drug-likeness (QED) is 0.470. The van der Waals surface area contributed by atoms with E-state index in [2.05, 4.69) is 30.1 Å². The van der Waals surface area contributed by atoms with Crippen molar-refractivity contribution in [2.45, 2.75) is 6.92 Å². The molecule has 4 rings (SSSR count). The highest BCUT2D eigenvalue weighted by Gasteiger charge is 2.17. The van der Waals surface area contributed by atoms with Crippen LogP contribution in [0, 0.1) is 6.92 Å². The number of aromatic nitrogens is 2. The Hall–Kier alpha value is -2.69. The van der Waals surface area contributed by atoms with Crippen LogP contribution in [0.5, 0.6) is 0 Å². The Balaban J connectivity index is 1.95. The Kier molecular flexibility index (Phi) is 4.45. The molecule has 0 bridgehead atoms. The van der Waals surface area contributed by atoms with Crippen molar-refractivity contribution < 1.29 is 0 Å². The van der Waals surface area contributed by atoms with Gasteiger partial charge in [0.2, 0.25) is 0 Å². The van der Waals surface area contributed by atoms with Crippen molar-refractivity contribution in [3.8, 4) is 32.3 Å². The van der Waals surface area contributed by atoms with Gasteiger partial charge >= 0.3 is 0 Å². The smallest absolute Gasteiger partial charge is 0.126 e. The van der Waals surface area contributed by atoms with Gasteiger partial charge in [0.15, 0.2) is 0 Å². The average molecular weight is 378 g/mol. The van der Waals surface area contributed by atoms with Gasteiger partial charge < -0.3 is 5.73 Å². The van der Waals surface area contributed by atoms with E-state index >= 15 is 0 Å². The summed E-state index contributed by atoms with van der Waals surface area (Å²) in [5.74, 6) is 0.491. The monoisotopic (exact) mass is 377 g/mol. The molecule has 0 aliphatic heterocycles. The topological polar surface area (TPSA) is 51.8 Å². The molecule has 0 aliphatic carbocycles. The Morgan fingerprint density at radius 2 is 1.81 bits per heavy atom. The van der Waals surface area contributed by atoms with E-state index in [9.17, 15) is 0 Å². The van der Waals surface area contributed by atoms with E-state index in [1.807, 2.05) is 42.5 Å². The number of rotatable bonds is 3. The highest BCUT2D eigenvalue weighted by Crippen LogP contribution is 2.42. The van der Waals surface area contributed by atoms with Gasteiger partial charge in [-0.1, -0.05) is 53.6 Å². The number of anilines is 1. The number of halogens is 1. The molecule has 0 atom stereocenters. The second kappa shape index (κ2) is 6.90. The SMILES string of the molecule is Cc1cccc(-c2nc(-c3ccccc3Cl)sc2-c2ccnc(N)c2)c1. The van der Waals surface area contributed by atoms with Crippen molar-refractivity contribution in [2.24, 2.45) is 0 Å². The first-order valence-electron chi connectivity index (χ1n) is 8.16. The first kappa shape index (κ1) is 16.8. The molecular weight excluding hydrogens is 362 g/mol. The van der Waals surface area contributed by atoms with E-state index in [0.717, 1.165) is 32.3 Å². The van der Waals surface area contributed by atoms with Crippen LogP contribution in [0.1, 0.15) is 5.56 Å². The molecule has 0 amide bonds.